The van der Waals surface area contributed by atoms with Gasteiger partial charge in [0.1, 0.15) is 23.9 Å². The number of rotatable bonds is 6. The molecule has 264 valence electrons. The monoisotopic (exact) mass is 658 g/mol. The van der Waals surface area contributed by atoms with Crippen molar-refractivity contribution in [2.45, 2.75) is 170 Å². The van der Waals surface area contributed by atoms with Gasteiger partial charge in [-0.2, -0.15) is 0 Å². The van der Waals surface area contributed by atoms with Crippen LogP contribution in [0.5, 0.6) is 0 Å². The number of esters is 4. The molecule has 2 spiro atoms. The summed E-state index contributed by atoms with van der Waals surface area (Å²) >= 11 is 0. The summed E-state index contributed by atoms with van der Waals surface area (Å²) in [5, 5.41) is 0. The molecule has 0 aromatic rings. The average molecular weight is 659 g/mol. The lowest BCUT2D eigenvalue weighted by Crippen LogP contribution is -2.63. The summed E-state index contributed by atoms with van der Waals surface area (Å²) in [6.45, 7) is 21.1. The lowest BCUT2D eigenvalue weighted by molar-refractivity contribution is -0.225. The van der Waals surface area contributed by atoms with Crippen LogP contribution in [0.1, 0.15) is 134 Å². The van der Waals surface area contributed by atoms with Crippen molar-refractivity contribution in [3.05, 3.63) is 0 Å². The van der Waals surface area contributed by atoms with Crippen molar-refractivity contribution in [3.63, 3.8) is 0 Å². The van der Waals surface area contributed by atoms with Gasteiger partial charge >= 0.3 is 23.9 Å². The molecule has 0 bridgehead atoms. The maximum Gasteiger partial charge on any atom is 0.303 e. The van der Waals surface area contributed by atoms with Crippen molar-refractivity contribution >= 4 is 23.9 Å². The van der Waals surface area contributed by atoms with E-state index in [9.17, 15) is 19.2 Å². The highest BCUT2D eigenvalue weighted by Gasteiger charge is 2.85. The molecular weight excluding hydrogens is 600 g/mol. The molecule has 0 aromatic heterocycles. The molecule has 0 unspecified atom stereocenters. The molecule has 9 nitrogen and oxygen atoms in total. The first-order valence-electron chi connectivity index (χ1n) is 18.0. The second-order valence-corrected chi connectivity index (χ2v) is 18.2. The Kier molecular flexibility index (Phi) is 7.88. The van der Waals surface area contributed by atoms with Gasteiger partial charge in [-0.25, -0.2) is 0 Å². The largest absolute Gasteiger partial charge is 0.462 e. The Labute approximate surface area is 280 Å². The summed E-state index contributed by atoms with van der Waals surface area (Å²) in [6.07, 6.45) is 6.77. The summed E-state index contributed by atoms with van der Waals surface area (Å²) in [5.74, 6) is -0.867. The Morgan fingerprint density at radius 2 is 1.30 bits per heavy atom. The van der Waals surface area contributed by atoms with Gasteiger partial charge < -0.3 is 23.7 Å². The van der Waals surface area contributed by atoms with Gasteiger partial charge in [-0.3, -0.25) is 19.2 Å². The Bertz CT molecular complexity index is 1350. The molecule has 6 fully saturated rings. The van der Waals surface area contributed by atoms with Crippen molar-refractivity contribution < 1.29 is 42.9 Å². The van der Waals surface area contributed by atoms with Gasteiger partial charge in [-0.15, -0.1) is 0 Å². The molecule has 47 heavy (non-hydrogen) atoms. The number of hydrogen-bond donors (Lipinski definition) is 0. The van der Waals surface area contributed by atoms with Gasteiger partial charge in [-0.05, 0) is 106 Å². The van der Waals surface area contributed by atoms with Crippen molar-refractivity contribution in [2.75, 3.05) is 0 Å². The van der Waals surface area contributed by atoms with E-state index in [1.807, 2.05) is 13.8 Å². The average Bonchev–Trinajstić information content (AvgIpc) is 3.26. The molecule has 0 N–H and O–H groups in total. The maximum absolute atomic E-state index is 12.7. The highest BCUT2D eigenvalue weighted by Crippen LogP contribution is 2.89. The van der Waals surface area contributed by atoms with E-state index in [-0.39, 0.29) is 93.1 Å². The summed E-state index contributed by atoms with van der Waals surface area (Å²) in [6, 6.07) is 0. The van der Waals surface area contributed by atoms with Crippen LogP contribution >= 0.6 is 0 Å². The Morgan fingerprint density at radius 3 is 1.89 bits per heavy atom. The minimum absolute atomic E-state index is 0.00243. The molecule has 0 aromatic carbocycles. The third kappa shape index (κ3) is 4.85. The highest BCUT2D eigenvalue weighted by molar-refractivity contribution is 5.67. The zero-order valence-electron chi connectivity index (χ0n) is 30.6. The van der Waals surface area contributed by atoms with E-state index in [0.717, 1.165) is 57.8 Å². The van der Waals surface area contributed by atoms with Gasteiger partial charge in [0.05, 0.1) is 11.7 Å². The smallest absolute Gasteiger partial charge is 0.303 e. The fraction of sp³-hybridized carbons (Fsp3) is 0.895. The second-order valence-electron chi connectivity index (χ2n) is 18.2. The van der Waals surface area contributed by atoms with E-state index in [1.54, 1.807) is 0 Å². The number of fused-ring (bicyclic) bond motifs is 2. The van der Waals surface area contributed by atoms with Crippen LogP contribution in [-0.2, 0) is 42.9 Å². The molecule has 9 heteroatoms. The zero-order chi connectivity index (χ0) is 34.8. The van der Waals surface area contributed by atoms with E-state index < -0.39 is 11.2 Å². The van der Waals surface area contributed by atoms with Crippen LogP contribution in [0, 0.1) is 44.8 Å². The Hall–Kier alpha value is -2.16. The first-order chi connectivity index (χ1) is 21.6. The van der Waals surface area contributed by atoms with Crippen molar-refractivity contribution in [1.82, 2.24) is 0 Å². The Morgan fingerprint density at radius 1 is 0.681 bits per heavy atom. The fourth-order valence-corrected chi connectivity index (χ4v) is 13.5. The third-order valence-corrected chi connectivity index (χ3v) is 15.0. The maximum atomic E-state index is 12.7. The van der Waals surface area contributed by atoms with Gasteiger partial charge in [-0.1, -0.05) is 27.7 Å². The standard InChI is InChI=1S/C38H58O9/c1-21(39)43-25-18-27-35(10)19-26(44-22(2)40)31(36(11)14-12-29(47-36)33(7,8)46-24(4)42)34(35,9)16-17-37(27)20-38(37)15-13-28(45-23(3)41)32(5,6)30(25)38/h25-31H,12-20H2,1-11H3/t25-,26+,27-,28-,29+,30+,31+,34+,35-,36-,37-,38+/m0/s1. The highest BCUT2D eigenvalue weighted by atomic mass is 16.6. The lowest BCUT2D eigenvalue weighted by atomic mass is 9.41. The number of hydrogen-bond acceptors (Lipinski definition) is 9. The SMILES string of the molecule is CC(=O)O[C@H]1C[C@@H]2[C@]3(CC[C@]4(C)[C@H]([C@]5(C)CC[C@H](C(C)(C)OC(C)=O)O5)[C@H](OC(C)=O)C[C@@]24C)C[C@@]32CC[C@H](OC(C)=O)C(C)(C)[C@@H]12. The molecule has 5 aliphatic carbocycles. The summed E-state index contributed by atoms with van der Waals surface area (Å²) < 4.78 is 31.2. The second kappa shape index (κ2) is 10.7. The molecule has 6 rings (SSSR count). The number of carbonyl (C=O) groups is 4. The predicted octanol–water partition coefficient (Wildman–Crippen LogP) is 6.72. The zero-order valence-corrected chi connectivity index (χ0v) is 30.6. The summed E-state index contributed by atoms with van der Waals surface area (Å²) in [4.78, 5) is 49.5. The van der Waals surface area contributed by atoms with Crippen LogP contribution in [-0.4, -0.2) is 59.5 Å². The predicted molar refractivity (Wildman–Crippen MR) is 173 cm³/mol. The third-order valence-electron chi connectivity index (χ3n) is 15.0. The van der Waals surface area contributed by atoms with Crippen molar-refractivity contribution in [3.8, 4) is 0 Å². The van der Waals surface area contributed by atoms with E-state index in [2.05, 4.69) is 34.6 Å². The van der Waals surface area contributed by atoms with Crippen LogP contribution in [0.4, 0.5) is 0 Å². The quantitative estimate of drug-likeness (QED) is 0.227. The Balaban J connectivity index is 1.39. The van der Waals surface area contributed by atoms with Crippen LogP contribution in [0.3, 0.4) is 0 Å². The summed E-state index contributed by atoms with van der Waals surface area (Å²) in [7, 11) is 0. The minimum atomic E-state index is -0.784. The van der Waals surface area contributed by atoms with Gasteiger partial charge in [0.2, 0.25) is 0 Å². The molecule has 1 aliphatic heterocycles. The van der Waals surface area contributed by atoms with Crippen LogP contribution in [0.2, 0.25) is 0 Å². The first-order valence-corrected chi connectivity index (χ1v) is 18.0. The molecule has 6 aliphatic rings. The molecule has 12 atom stereocenters. The van der Waals surface area contributed by atoms with Crippen LogP contribution in [0.25, 0.3) is 0 Å². The fourth-order valence-electron chi connectivity index (χ4n) is 13.5. The van der Waals surface area contributed by atoms with Crippen LogP contribution in [0.15, 0.2) is 0 Å². The van der Waals surface area contributed by atoms with E-state index in [1.165, 1.54) is 27.7 Å². The topological polar surface area (TPSA) is 114 Å². The molecule has 0 radical (unpaired) electrons. The van der Waals surface area contributed by atoms with Crippen LogP contribution < -0.4 is 0 Å². The molecular formula is C38H58O9. The summed E-state index contributed by atoms with van der Waals surface area (Å²) in [5.41, 5.74) is -2.06. The molecule has 1 saturated heterocycles. The van der Waals surface area contributed by atoms with Gasteiger partial charge in [0, 0.05) is 44.9 Å². The van der Waals surface area contributed by atoms with Gasteiger partial charge in [0.25, 0.3) is 0 Å². The van der Waals surface area contributed by atoms with Crippen molar-refractivity contribution in [1.29, 1.82) is 0 Å². The van der Waals surface area contributed by atoms with E-state index >= 15 is 0 Å². The first kappa shape index (κ1) is 34.7. The van der Waals surface area contributed by atoms with E-state index in [4.69, 9.17) is 23.7 Å². The molecule has 5 saturated carbocycles. The van der Waals surface area contributed by atoms with Gasteiger partial charge in [0.15, 0.2) is 0 Å². The molecule has 1 heterocycles. The number of ether oxygens (including phenoxy) is 5. The lowest BCUT2D eigenvalue weighted by Gasteiger charge is -2.64. The normalized spacial score (nSPS) is 47.8. The molecule has 0 amide bonds. The van der Waals surface area contributed by atoms with E-state index in [0.29, 0.717) is 0 Å². The minimum Gasteiger partial charge on any atom is -0.462 e. The number of carbonyl (C=O) groups excluding carboxylic acids is 4. The van der Waals surface area contributed by atoms with Crippen molar-refractivity contribution in [2.24, 2.45) is 44.8 Å².